The van der Waals surface area contributed by atoms with Gasteiger partial charge in [-0.25, -0.2) is 4.98 Å². The maximum Gasteiger partial charge on any atom is 0.147 e. The Hall–Kier alpha value is -0.630. The predicted octanol–water partition coefficient (Wildman–Crippen LogP) is 2.79. The molecule has 0 saturated heterocycles. The number of rotatable bonds is 1. The first-order chi connectivity index (χ1) is 5.86. The second kappa shape index (κ2) is 3.40. The van der Waals surface area contributed by atoms with Crippen LogP contribution in [0.15, 0.2) is 12.4 Å². The molecule has 0 aliphatic heterocycles. The van der Waals surface area contributed by atoms with Crippen LogP contribution < -0.4 is 0 Å². The molecular formula is C9H11ClN2. The van der Waals surface area contributed by atoms with Crippen LogP contribution >= 0.6 is 11.6 Å². The average Bonchev–Trinajstić information content (AvgIpc) is 2.58. The lowest BCUT2D eigenvalue weighted by atomic mass is 10.1. The van der Waals surface area contributed by atoms with Crippen LogP contribution in [0.25, 0.3) is 0 Å². The van der Waals surface area contributed by atoms with Crippen molar-refractivity contribution >= 4 is 11.6 Å². The molecule has 0 unspecified atom stereocenters. The molecule has 0 aromatic carbocycles. The Bertz CT molecular complexity index is 252. The molecule has 0 N–H and O–H groups in total. The number of aromatic nitrogens is 2. The van der Waals surface area contributed by atoms with E-state index in [1.54, 1.807) is 12.4 Å². The van der Waals surface area contributed by atoms with Crippen molar-refractivity contribution < 1.29 is 0 Å². The number of hydrogen-bond donors (Lipinski definition) is 0. The minimum atomic E-state index is 0.483. The largest absolute Gasteiger partial charge is 0.256 e. The molecule has 1 fully saturated rings. The maximum atomic E-state index is 5.64. The second-order valence-electron chi connectivity index (χ2n) is 3.25. The van der Waals surface area contributed by atoms with E-state index in [0.29, 0.717) is 11.1 Å². The van der Waals surface area contributed by atoms with Crippen molar-refractivity contribution in [1.29, 1.82) is 0 Å². The Morgan fingerprint density at radius 3 is 2.50 bits per heavy atom. The second-order valence-corrected chi connectivity index (χ2v) is 3.63. The molecule has 1 aromatic rings. The Balaban J connectivity index is 2.17. The van der Waals surface area contributed by atoms with Crippen molar-refractivity contribution in [3.63, 3.8) is 0 Å². The third-order valence-electron chi connectivity index (χ3n) is 2.41. The Labute approximate surface area is 77.0 Å². The molecular weight excluding hydrogens is 172 g/mol. The summed E-state index contributed by atoms with van der Waals surface area (Å²) in [7, 11) is 0. The zero-order chi connectivity index (χ0) is 8.39. The predicted molar refractivity (Wildman–Crippen MR) is 48.3 cm³/mol. The Morgan fingerprint density at radius 1 is 1.17 bits per heavy atom. The van der Waals surface area contributed by atoms with Crippen molar-refractivity contribution in [3.8, 4) is 0 Å². The molecule has 1 aliphatic carbocycles. The lowest BCUT2D eigenvalue weighted by Crippen LogP contribution is -1.96. The summed E-state index contributed by atoms with van der Waals surface area (Å²) in [6.45, 7) is 0. The first-order valence-corrected chi connectivity index (χ1v) is 4.71. The Kier molecular flexibility index (Phi) is 2.26. The van der Waals surface area contributed by atoms with Gasteiger partial charge in [-0.05, 0) is 12.8 Å². The zero-order valence-corrected chi connectivity index (χ0v) is 7.59. The van der Waals surface area contributed by atoms with Gasteiger partial charge < -0.3 is 0 Å². The highest BCUT2D eigenvalue weighted by Crippen LogP contribution is 2.32. The molecule has 0 bridgehead atoms. The van der Waals surface area contributed by atoms with Crippen LogP contribution in [0, 0.1) is 0 Å². The standard InChI is InChI=1S/C9H11ClN2/c10-9-6-11-8(5-12-9)7-3-1-2-4-7/h5-7H,1-4H2. The smallest absolute Gasteiger partial charge is 0.147 e. The number of halogens is 1. The average molecular weight is 183 g/mol. The monoisotopic (exact) mass is 182 g/mol. The lowest BCUT2D eigenvalue weighted by molar-refractivity contribution is 0.692. The summed E-state index contributed by atoms with van der Waals surface area (Å²) < 4.78 is 0. The summed E-state index contributed by atoms with van der Waals surface area (Å²) in [4.78, 5) is 8.29. The van der Waals surface area contributed by atoms with E-state index in [9.17, 15) is 0 Å². The number of hydrogen-bond acceptors (Lipinski definition) is 2. The molecule has 2 rings (SSSR count). The summed E-state index contributed by atoms with van der Waals surface area (Å²) in [6, 6.07) is 0. The normalized spacial score (nSPS) is 18.4. The van der Waals surface area contributed by atoms with Crippen molar-refractivity contribution in [1.82, 2.24) is 9.97 Å². The third kappa shape index (κ3) is 1.58. The van der Waals surface area contributed by atoms with Crippen LogP contribution in [0.3, 0.4) is 0 Å². The van der Waals surface area contributed by atoms with E-state index in [0.717, 1.165) is 5.69 Å². The fraction of sp³-hybridized carbons (Fsp3) is 0.556. The summed E-state index contributed by atoms with van der Waals surface area (Å²) >= 11 is 5.64. The van der Waals surface area contributed by atoms with E-state index < -0.39 is 0 Å². The molecule has 1 heterocycles. The molecule has 64 valence electrons. The van der Waals surface area contributed by atoms with Gasteiger partial charge in [-0.3, -0.25) is 4.98 Å². The van der Waals surface area contributed by atoms with Crippen molar-refractivity contribution in [2.24, 2.45) is 0 Å². The van der Waals surface area contributed by atoms with Crippen molar-refractivity contribution in [3.05, 3.63) is 23.2 Å². The van der Waals surface area contributed by atoms with Gasteiger partial charge in [-0.2, -0.15) is 0 Å². The summed E-state index contributed by atoms with van der Waals surface area (Å²) in [6.07, 6.45) is 8.62. The maximum absolute atomic E-state index is 5.64. The van der Waals surface area contributed by atoms with Crippen LogP contribution in [0.4, 0.5) is 0 Å². The fourth-order valence-electron chi connectivity index (χ4n) is 1.75. The first-order valence-electron chi connectivity index (χ1n) is 4.34. The van der Waals surface area contributed by atoms with E-state index in [4.69, 9.17) is 11.6 Å². The summed E-state index contributed by atoms with van der Waals surface area (Å²) in [5.74, 6) is 0.634. The molecule has 12 heavy (non-hydrogen) atoms. The van der Waals surface area contributed by atoms with Crippen LogP contribution in [0.2, 0.25) is 5.15 Å². The highest BCUT2D eigenvalue weighted by atomic mass is 35.5. The van der Waals surface area contributed by atoms with Gasteiger partial charge in [0.1, 0.15) is 5.15 Å². The van der Waals surface area contributed by atoms with Gasteiger partial charge in [0.15, 0.2) is 0 Å². The molecule has 1 aliphatic rings. The van der Waals surface area contributed by atoms with Gasteiger partial charge in [0.25, 0.3) is 0 Å². The molecule has 0 atom stereocenters. The molecule has 0 amide bonds. The summed E-state index contributed by atoms with van der Waals surface area (Å²) in [5.41, 5.74) is 1.11. The van der Waals surface area contributed by atoms with Gasteiger partial charge in [0, 0.05) is 5.92 Å². The summed E-state index contributed by atoms with van der Waals surface area (Å²) in [5, 5.41) is 0.483. The Morgan fingerprint density at radius 2 is 1.92 bits per heavy atom. The van der Waals surface area contributed by atoms with E-state index in [-0.39, 0.29) is 0 Å². The molecule has 2 nitrogen and oxygen atoms in total. The minimum absolute atomic E-state index is 0.483. The van der Waals surface area contributed by atoms with Gasteiger partial charge in [0.05, 0.1) is 18.1 Å². The van der Waals surface area contributed by atoms with Crippen LogP contribution in [0.5, 0.6) is 0 Å². The third-order valence-corrected chi connectivity index (χ3v) is 2.61. The molecule has 0 spiro atoms. The fourth-order valence-corrected chi connectivity index (χ4v) is 1.85. The quantitative estimate of drug-likeness (QED) is 0.668. The zero-order valence-electron chi connectivity index (χ0n) is 6.83. The number of nitrogens with zero attached hydrogens (tertiary/aromatic N) is 2. The van der Waals surface area contributed by atoms with Crippen LogP contribution in [-0.4, -0.2) is 9.97 Å². The highest BCUT2D eigenvalue weighted by Gasteiger charge is 2.18. The van der Waals surface area contributed by atoms with Crippen LogP contribution in [-0.2, 0) is 0 Å². The SMILES string of the molecule is Clc1cnc(C2CCCC2)cn1. The topological polar surface area (TPSA) is 25.8 Å². The minimum Gasteiger partial charge on any atom is -0.256 e. The molecule has 1 saturated carbocycles. The molecule has 0 radical (unpaired) electrons. The van der Waals surface area contributed by atoms with E-state index in [2.05, 4.69) is 9.97 Å². The van der Waals surface area contributed by atoms with E-state index in [1.807, 2.05) is 0 Å². The van der Waals surface area contributed by atoms with Crippen LogP contribution in [0.1, 0.15) is 37.3 Å². The van der Waals surface area contributed by atoms with E-state index in [1.165, 1.54) is 25.7 Å². The van der Waals surface area contributed by atoms with Gasteiger partial charge >= 0.3 is 0 Å². The lowest BCUT2D eigenvalue weighted by Gasteiger charge is -2.06. The highest BCUT2D eigenvalue weighted by molar-refractivity contribution is 6.29. The molecule has 1 aromatic heterocycles. The van der Waals surface area contributed by atoms with Gasteiger partial charge in [-0.15, -0.1) is 0 Å². The van der Waals surface area contributed by atoms with Gasteiger partial charge in [-0.1, -0.05) is 24.4 Å². The molecule has 3 heteroatoms. The van der Waals surface area contributed by atoms with Crippen molar-refractivity contribution in [2.75, 3.05) is 0 Å². The van der Waals surface area contributed by atoms with Gasteiger partial charge in [0.2, 0.25) is 0 Å². The van der Waals surface area contributed by atoms with Crippen molar-refractivity contribution in [2.45, 2.75) is 31.6 Å². The van der Waals surface area contributed by atoms with E-state index >= 15 is 0 Å². The first kappa shape index (κ1) is 7.99.